The van der Waals surface area contributed by atoms with Crippen LogP contribution < -0.4 is 11.4 Å². The lowest BCUT2D eigenvalue weighted by atomic mass is 10.3. The Labute approximate surface area is 185 Å². The molecule has 1 atom stereocenters. The van der Waals surface area contributed by atoms with Gasteiger partial charge in [0.2, 0.25) is 6.23 Å². The zero-order valence-corrected chi connectivity index (χ0v) is 17.6. The summed E-state index contributed by atoms with van der Waals surface area (Å²) < 4.78 is 71.3. The first-order valence-electron chi connectivity index (χ1n) is 9.20. The molecule has 0 bridgehead atoms. The average molecular weight is 493 g/mol. The van der Waals surface area contributed by atoms with Crippen LogP contribution in [0.2, 0.25) is 0 Å². The molecule has 33 heavy (non-hydrogen) atoms. The number of hydrogen-bond acceptors (Lipinski definition) is 8. The van der Waals surface area contributed by atoms with Crippen molar-refractivity contribution in [3.8, 4) is 10.4 Å². The van der Waals surface area contributed by atoms with E-state index in [4.69, 9.17) is 5.73 Å². The second kappa shape index (κ2) is 9.62. The molecular formula is C17H16F5N7O3S. The van der Waals surface area contributed by atoms with Crippen LogP contribution in [-0.4, -0.2) is 48.3 Å². The Morgan fingerprint density at radius 3 is 2.58 bits per heavy atom. The van der Waals surface area contributed by atoms with Crippen molar-refractivity contribution in [1.82, 2.24) is 29.6 Å². The number of carbonyl (C=O) groups is 1. The lowest BCUT2D eigenvalue weighted by Crippen LogP contribution is -2.35. The number of tetrazole rings is 1. The highest BCUT2D eigenvalue weighted by atomic mass is 32.1. The number of halogens is 5. The van der Waals surface area contributed by atoms with Gasteiger partial charge in [0.15, 0.2) is 0 Å². The Bertz CT molecular complexity index is 1220. The standard InChI is InChI=1S/C17H16F5N7O3S/c1-2-27-7-10(6-24-27)11-3-4-12(33-11)14(32-15(30)17(20,21)22)29-16(31)28(25-26-29)8-9(5-23)13(18)19/h3-4,6-7,14H,2,5,8,23H2,1H3. The van der Waals surface area contributed by atoms with E-state index in [2.05, 4.69) is 20.3 Å². The maximum Gasteiger partial charge on any atom is 0.491 e. The summed E-state index contributed by atoms with van der Waals surface area (Å²) in [6.07, 6.45) is -6.20. The smallest absolute Gasteiger partial charge is 0.427 e. The number of nitrogens with zero attached hydrogens (tertiary/aromatic N) is 6. The molecule has 0 spiro atoms. The van der Waals surface area contributed by atoms with Gasteiger partial charge in [-0.25, -0.2) is 9.59 Å². The number of hydrogen-bond donors (Lipinski definition) is 1. The molecule has 3 heterocycles. The SMILES string of the molecule is CCn1cc(-c2ccc(C(OC(=O)C(F)(F)F)n3nnn(CC(CN)=C(F)F)c3=O)s2)cn1. The molecule has 3 aromatic heterocycles. The van der Waals surface area contributed by atoms with Crippen LogP contribution in [0, 0.1) is 0 Å². The number of carbonyl (C=O) groups excluding carboxylic acids is 1. The van der Waals surface area contributed by atoms with Crippen molar-refractivity contribution in [2.24, 2.45) is 5.73 Å². The van der Waals surface area contributed by atoms with Gasteiger partial charge in [0, 0.05) is 35.3 Å². The highest BCUT2D eigenvalue weighted by Gasteiger charge is 2.43. The van der Waals surface area contributed by atoms with Gasteiger partial charge in [-0.1, -0.05) is 0 Å². The average Bonchev–Trinajstić information content (AvgIpc) is 3.49. The Kier molecular flexibility index (Phi) is 7.06. The van der Waals surface area contributed by atoms with Gasteiger partial charge in [0.25, 0.3) is 6.08 Å². The van der Waals surface area contributed by atoms with Gasteiger partial charge in [0.05, 0.1) is 17.6 Å². The second-order valence-corrected chi connectivity index (χ2v) is 7.59. The van der Waals surface area contributed by atoms with Crippen molar-refractivity contribution in [2.45, 2.75) is 32.4 Å². The van der Waals surface area contributed by atoms with E-state index in [0.717, 1.165) is 11.3 Å². The minimum atomic E-state index is -5.35. The van der Waals surface area contributed by atoms with E-state index in [0.29, 0.717) is 26.3 Å². The minimum absolute atomic E-state index is 0.00672. The van der Waals surface area contributed by atoms with Gasteiger partial charge in [-0.2, -0.15) is 31.7 Å². The van der Waals surface area contributed by atoms with E-state index in [1.165, 1.54) is 18.3 Å². The molecule has 0 aliphatic carbocycles. The van der Waals surface area contributed by atoms with Crippen LogP contribution in [0.4, 0.5) is 22.0 Å². The maximum absolute atomic E-state index is 12.9. The first-order valence-corrected chi connectivity index (χ1v) is 10.0. The first-order chi connectivity index (χ1) is 15.5. The molecule has 0 radical (unpaired) electrons. The Morgan fingerprint density at radius 2 is 2.00 bits per heavy atom. The molecule has 0 amide bonds. The number of aryl methyl sites for hydroxylation is 1. The second-order valence-electron chi connectivity index (χ2n) is 6.47. The molecule has 3 aromatic rings. The summed E-state index contributed by atoms with van der Waals surface area (Å²) in [5, 5.41) is 10.9. The lowest BCUT2D eigenvalue weighted by molar-refractivity contribution is -0.207. The van der Waals surface area contributed by atoms with Crippen LogP contribution in [0.1, 0.15) is 18.0 Å². The van der Waals surface area contributed by atoms with E-state index in [1.807, 2.05) is 6.92 Å². The molecule has 3 rings (SSSR count). The van der Waals surface area contributed by atoms with E-state index in [-0.39, 0.29) is 4.88 Å². The number of ether oxygens (including phenoxy) is 1. The quantitative estimate of drug-likeness (QED) is 0.377. The monoisotopic (exact) mass is 493 g/mol. The zero-order valence-electron chi connectivity index (χ0n) is 16.8. The fourth-order valence-corrected chi connectivity index (χ4v) is 3.61. The summed E-state index contributed by atoms with van der Waals surface area (Å²) in [5.41, 5.74) is 4.04. The summed E-state index contributed by atoms with van der Waals surface area (Å²) in [4.78, 5) is 24.7. The summed E-state index contributed by atoms with van der Waals surface area (Å²) in [5.74, 6) is -2.57. The fourth-order valence-electron chi connectivity index (χ4n) is 2.62. The maximum atomic E-state index is 12.9. The van der Waals surface area contributed by atoms with Crippen LogP contribution >= 0.6 is 11.3 Å². The number of alkyl halides is 3. The molecule has 0 saturated heterocycles. The van der Waals surface area contributed by atoms with Crippen molar-refractivity contribution >= 4 is 17.3 Å². The summed E-state index contributed by atoms with van der Waals surface area (Å²) in [6.45, 7) is 1.11. The van der Waals surface area contributed by atoms with Crippen molar-refractivity contribution in [1.29, 1.82) is 0 Å². The number of esters is 1. The van der Waals surface area contributed by atoms with Gasteiger partial charge < -0.3 is 10.5 Å². The number of rotatable bonds is 8. The predicted molar refractivity (Wildman–Crippen MR) is 104 cm³/mol. The molecule has 0 aliphatic heterocycles. The third-order valence-electron chi connectivity index (χ3n) is 4.30. The van der Waals surface area contributed by atoms with Crippen molar-refractivity contribution < 1.29 is 31.5 Å². The van der Waals surface area contributed by atoms with Crippen molar-refractivity contribution in [3.05, 3.63) is 51.5 Å². The molecule has 0 aromatic carbocycles. The summed E-state index contributed by atoms with van der Waals surface area (Å²) in [7, 11) is 0. The molecule has 0 saturated carbocycles. The van der Waals surface area contributed by atoms with Gasteiger partial charge in [-0.05, 0) is 29.5 Å². The third-order valence-corrected chi connectivity index (χ3v) is 5.46. The Hall–Kier alpha value is -3.40. The highest BCUT2D eigenvalue weighted by molar-refractivity contribution is 7.15. The molecule has 2 N–H and O–H groups in total. The lowest BCUT2D eigenvalue weighted by Gasteiger charge is -2.16. The minimum Gasteiger partial charge on any atom is -0.427 e. The molecule has 10 nitrogen and oxygen atoms in total. The van der Waals surface area contributed by atoms with Gasteiger partial charge in [-0.3, -0.25) is 4.68 Å². The van der Waals surface area contributed by atoms with E-state index < -0.39 is 48.8 Å². The largest absolute Gasteiger partial charge is 0.491 e. The van der Waals surface area contributed by atoms with Gasteiger partial charge >= 0.3 is 17.8 Å². The van der Waals surface area contributed by atoms with Gasteiger partial charge in [0.1, 0.15) is 0 Å². The van der Waals surface area contributed by atoms with Gasteiger partial charge in [-0.15, -0.1) is 16.0 Å². The van der Waals surface area contributed by atoms with E-state index in [1.54, 1.807) is 10.9 Å². The normalized spacial score (nSPS) is 12.6. The van der Waals surface area contributed by atoms with Crippen LogP contribution in [0.15, 0.2) is 41.0 Å². The van der Waals surface area contributed by atoms with E-state index in [9.17, 15) is 31.5 Å². The number of nitrogens with two attached hydrogens (primary N) is 1. The van der Waals surface area contributed by atoms with Crippen LogP contribution in [0.3, 0.4) is 0 Å². The molecule has 1 unspecified atom stereocenters. The van der Waals surface area contributed by atoms with Crippen LogP contribution in [0.25, 0.3) is 10.4 Å². The third kappa shape index (κ3) is 5.33. The first kappa shape index (κ1) is 24.2. The molecule has 0 aliphatic rings. The van der Waals surface area contributed by atoms with Crippen LogP contribution in [0.5, 0.6) is 0 Å². The molecule has 16 heteroatoms. The molecule has 0 fully saturated rings. The highest BCUT2D eigenvalue weighted by Crippen LogP contribution is 2.34. The topological polar surface area (TPSA) is 123 Å². The molecule has 178 valence electrons. The Balaban J connectivity index is 2.01. The Morgan fingerprint density at radius 1 is 1.27 bits per heavy atom. The van der Waals surface area contributed by atoms with Crippen molar-refractivity contribution in [2.75, 3.05) is 6.54 Å². The summed E-state index contributed by atoms with van der Waals surface area (Å²) >= 11 is 0.923. The zero-order chi connectivity index (χ0) is 24.3. The molecular weight excluding hydrogens is 477 g/mol. The number of thiophene rings is 1. The van der Waals surface area contributed by atoms with Crippen LogP contribution in [-0.2, 0) is 22.6 Å². The fraction of sp³-hybridized carbons (Fsp3) is 0.353. The predicted octanol–water partition coefficient (Wildman–Crippen LogP) is 2.15. The van der Waals surface area contributed by atoms with E-state index >= 15 is 0 Å². The summed E-state index contributed by atoms with van der Waals surface area (Å²) in [6, 6.07) is 2.88. The van der Waals surface area contributed by atoms with Crippen molar-refractivity contribution in [3.63, 3.8) is 0 Å². The number of aromatic nitrogens is 6.